The van der Waals surface area contributed by atoms with Gasteiger partial charge in [-0.15, -0.1) is 0 Å². The minimum absolute atomic E-state index is 0.235. The highest BCUT2D eigenvalue weighted by Gasteiger charge is 2.15. The van der Waals surface area contributed by atoms with E-state index < -0.39 is 6.10 Å². The summed E-state index contributed by atoms with van der Waals surface area (Å²) in [5.74, 6) is 1.05. The van der Waals surface area contributed by atoms with Gasteiger partial charge in [0.1, 0.15) is 11.5 Å². The SMILES string of the molecule is COc1cccc(NC(=O)[C@H](C)Oc2ccc(Cl)c(C)c2)c1. The van der Waals surface area contributed by atoms with Crippen LogP contribution >= 0.6 is 11.6 Å². The maximum absolute atomic E-state index is 12.2. The Bertz CT molecular complexity index is 673. The molecule has 1 N–H and O–H groups in total. The third-order valence-corrected chi connectivity index (χ3v) is 3.57. The molecule has 0 aliphatic heterocycles. The molecule has 0 aliphatic carbocycles. The minimum Gasteiger partial charge on any atom is -0.497 e. The Labute approximate surface area is 135 Å². The quantitative estimate of drug-likeness (QED) is 0.904. The maximum Gasteiger partial charge on any atom is 0.265 e. The van der Waals surface area contributed by atoms with Crippen molar-refractivity contribution >= 4 is 23.2 Å². The summed E-state index contributed by atoms with van der Waals surface area (Å²) in [7, 11) is 1.58. The van der Waals surface area contributed by atoms with Gasteiger partial charge in [-0.05, 0) is 49.7 Å². The first kappa shape index (κ1) is 16.2. The molecule has 5 heteroatoms. The molecule has 0 saturated carbocycles. The van der Waals surface area contributed by atoms with Gasteiger partial charge in [-0.2, -0.15) is 0 Å². The van der Waals surface area contributed by atoms with Crippen molar-refractivity contribution in [3.63, 3.8) is 0 Å². The van der Waals surface area contributed by atoms with E-state index in [2.05, 4.69) is 5.32 Å². The summed E-state index contributed by atoms with van der Waals surface area (Å²) >= 11 is 5.97. The van der Waals surface area contributed by atoms with E-state index in [1.54, 1.807) is 44.4 Å². The van der Waals surface area contributed by atoms with E-state index >= 15 is 0 Å². The van der Waals surface area contributed by atoms with Crippen molar-refractivity contribution in [3.05, 3.63) is 53.1 Å². The summed E-state index contributed by atoms with van der Waals surface area (Å²) in [4.78, 5) is 12.2. The lowest BCUT2D eigenvalue weighted by Crippen LogP contribution is -2.30. The number of hydrogen-bond donors (Lipinski definition) is 1. The van der Waals surface area contributed by atoms with Crippen LogP contribution in [-0.4, -0.2) is 19.1 Å². The molecule has 1 atom stereocenters. The second-order valence-corrected chi connectivity index (χ2v) is 5.30. The van der Waals surface area contributed by atoms with E-state index in [9.17, 15) is 4.79 Å². The first-order chi connectivity index (χ1) is 10.5. The van der Waals surface area contributed by atoms with Gasteiger partial charge in [0.05, 0.1) is 7.11 Å². The van der Waals surface area contributed by atoms with Gasteiger partial charge in [0.2, 0.25) is 0 Å². The summed E-state index contributed by atoms with van der Waals surface area (Å²) in [6.07, 6.45) is -0.633. The Morgan fingerprint density at radius 1 is 1.18 bits per heavy atom. The molecule has 0 heterocycles. The Morgan fingerprint density at radius 3 is 2.64 bits per heavy atom. The number of benzene rings is 2. The van der Waals surface area contributed by atoms with Crippen LogP contribution < -0.4 is 14.8 Å². The summed E-state index contributed by atoms with van der Waals surface area (Å²) in [6.45, 7) is 3.58. The molecule has 4 nitrogen and oxygen atoms in total. The first-order valence-corrected chi connectivity index (χ1v) is 7.25. The second-order valence-electron chi connectivity index (χ2n) is 4.89. The smallest absolute Gasteiger partial charge is 0.265 e. The van der Waals surface area contributed by atoms with Crippen LogP contribution in [0.15, 0.2) is 42.5 Å². The number of nitrogens with one attached hydrogen (secondary N) is 1. The largest absolute Gasteiger partial charge is 0.497 e. The number of rotatable bonds is 5. The van der Waals surface area contributed by atoms with Gasteiger partial charge in [0.15, 0.2) is 6.10 Å². The van der Waals surface area contributed by atoms with E-state index in [1.807, 2.05) is 19.1 Å². The van der Waals surface area contributed by atoms with Crippen LogP contribution in [-0.2, 0) is 4.79 Å². The van der Waals surface area contributed by atoms with E-state index in [-0.39, 0.29) is 5.91 Å². The highest BCUT2D eigenvalue weighted by Crippen LogP contribution is 2.22. The van der Waals surface area contributed by atoms with Crippen molar-refractivity contribution < 1.29 is 14.3 Å². The van der Waals surface area contributed by atoms with Gasteiger partial charge in [-0.1, -0.05) is 17.7 Å². The third-order valence-electron chi connectivity index (χ3n) is 3.15. The molecule has 2 aromatic carbocycles. The summed E-state index contributed by atoms with van der Waals surface area (Å²) < 4.78 is 10.8. The lowest BCUT2D eigenvalue weighted by molar-refractivity contribution is -0.122. The molecule has 0 spiro atoms. The van der Waals surface area contributed by atoms with Crippen LogP contribution in [0.3, 0.4) is 0 Å². The van der Waals surface area contributed by atoms with Crippen LogP contribution in [0.2, 0.25) is 5.02 Å². The molecule has 0 aliphatic rings. The molecule has 0 aromatic heterocycles. The molecule has 1 amide bonds. The molecule has 2 rings (SSSR count). The van der Waals surface area contributed by atoms with Crippen molar-refractivity contribution in [1.82, 2.24) is 0 Å². The minimum atomic E-state index is -0.633. The Hall–Kier alpha value is -2.20. The van der Waals surface area contributed by atoms with Crippen molar-refractivity contribution in [2.24, 2.45) is 0 Å². The maximum atomic E-state index is 12.2. The molecule has 0 unspecified atom stereocenters. The van der Waals surface area contributed by atoms with E-state index in [0.29, 0.717) is 22.2 Å². The fourth-order valence-corrected chi connectivity index (χ4v) is 2.01. The van der Waals surface area contributed by atoms with E-state index in [4.69, 9.17) is 21.1 Å². The van der Waals surface area contributed by atoms with Gasteiger partial charge < -0.3 is 14.8 Å². The number of amides is 1. The Morgan fingerprint density at radius 2 is 1.95 bits per heavy atom. The third kappa shape index (κ3) is 4.15. The predicted molar refractivity (Wildman–Crippen MR) is 87.9 cm³/mol. The zero-order valence-electron chi connectivity index (χ0n) is 12.7. The molecular weight excluding hydrogens is 302 g/mol. The number of carbonyl (C=O) groups excluding carboxylic acids is 1. The van der Waals surface area contributed by atoms with Crippen LogP contribution in [0.4, 0.5) is 5.69 Å². The fourth-order valence-electron chi connectivity index (χ4n) is 1.89. The molecule has 0 bridgehead atoms. The summed E-state index contributed by atoms with van der Waals surface area (Å²) in [5.41, 5.74) is 1.56. The molecular formula is C17H18ClNO3. The monoisotopic (exact) mass is 319 g/mol. The fraction of sp³-hybridized carbons (Fsp3) is 0.235. The number of anilines is 1. The molecule has 0 saturated heterocycles. The zero-order valence-corrected chi connectivity index (χ0v) is 13.5. The van der Waals surface area contributed by atoms with Gasteiger partial charge >= 0.3 is 0 Å². The topological polar surface area (TPSA) is 47.6 Å². The normalized spacial score (nSPS) is 11.6. The van der Waals surface area contributed by atoms with Crippen molar-refractivity contribution in [2.75, 3.05) is 12.4 Å². The number of hydrogen-bond acceptors (Lipinski definition) is 3. The standard InChI is InChI=1S/C17H18ClNO3/c1-11-9-15(7-8-16(11)18)22-12(2)17(20)19-13-5-4-6-14(10-13)21-3/h4-10,12H,1-3H3,(H,19,20)/t12-/m0/s1. The molecule has 0 radical (unpaired) electrons. The Kier molecular flexibility index (Phi) is 5.28. The number of ether oxygens (including phenoxy) is 2. The number of aryl methyl sites for hydroxylation is 1. The zero-order chi connectivity index (χ0) is 16.1. The lowest BCUT2D eigenvalue weighted by Gasteiger charge is -2.15. The summed E-state index contributed by atoms with van der Waals surface area (Å²) in [6, 6.07) is 12.5. The van der Waals surface area contributed by atoms with Crippen LogP contribution in [0.1, 0.15) is 12.5 Å². The second kappa shape index (κ2) is 7.18. The van der Waals surface area contributed by atoms with Crippen LogP contribution in [0.5, 0.6) is 11.5 Å². The van der Waals surface area contributed by atoms with E-state index in [0.717, 1.165) is 5.56 Å². The first-order valence-electron chi connectivity index (χ1n) is 6.87. The Balaban J connectivity index is 2.00. The average molecular weight is 320 g/mol. The van der Waals surface area contributed by atoms with Gasteiger partial charge in [0, 0.05) is 16.8 Å². The molecule has 22 heavy (non-hydrogen) atoms. The van der Waals surface area contributed by atoms with Crippen molar-refractivity contribution in [3.8, 4) is 11.5 Å². The van der Waals surface area contributed by atoms with E-state index in [1.165, 1.54) is 0 Å². The highest BCUT2D eigenvalue weighted by molar-refractivity contribution is 6.31. The lowest BCUT2D eigenvalue weighted by atomic mass is 10.2. The van der Waals surface area contributed by atoms with Crippen LogP contribution in [0.25, 0.3) is 0 Å². The van der Waals surface area contributed by atoms with Crippen molar-refractivity contribution in [2.45, 2.75) is 20.0 Å². The van der Waals surface area contributed by atoms with Gasteiger partial charge in [-0.25, -0.2) is 0 Å². The van der Waals surface area contributed by atoms with Gasteiger partial charge in [-0.3, -0.25) is 4.79 Å². The van der Waals surface area contributed by atoms with Crippen molar-refractivity contribution in [1.29, 1.82) is 0 Å². The van der Waals surface area contributed by atoms with Crippen LogP contribution in [0, 0.1) is 6.92 Å². The highest BCUT2D eigenvalue weighted by atomic mass is 35.5. The molecule has 116 valence electrons. The molecule has 0 fully saturated rings. The summed E-state index contributed by atoms with van der Waals surface area (Å²) in [5, 5.41) is 3.46. The van der Waals surface area contributed by atoms with Gasteiger partial charge in [0.25, 0.3) is 5.91 Å². The number of carbonyl (C=O) groups is 1. The number of halogens is 1. The number of methoxy groups -OCH3 is 1. The predicted octanol–water partition coefficient (Wildman–Crippen LogP) is 4.06. The molecule has 2 aromatic rings. The average Bonchev–Trinajstić information content (AvgIpc) is 2.51.